The number of nitrogens with zero attached hydrogens (tertiary/aromatic N) is 2. The summed E-state index contributed by atoms with van der Waals surface area (Å²) >= 11 is 0. The van der Waals surface area contributed by atoms with Gasteiger partial charge in [-0.2, -0.15) is 0 Å². The molecule has 0 radical (unpaired) electrons. The Kier molecular flexibility index (Phi) is 3.75. The predicted octanol–water partition coefficient (Wildman–Crippen LogP) is 3.17. The van der Waals surface area contributed by atoms with E-state index >= 15 is 0 Å². The average molecular weight is 219 g/mol. The molecule has 1 aliphatic carbocycles. The van der Waals surface area contributed by atoms with Crippen molar-refractivity contribution in [1.82, 2.24) is 9.97 Å². The SMILES string of the molecule is Cc1nccc(NC2CCCC(C)CC2)n1. The average Bonchev–Trinajstić information content (AvgIpc) is 2.44. The Morgan fingerprint density at radius 2 is 2.12 bits per heavy atom. The van der Waals surface area contributed by atoms with Gasteiger partial charge in [0.05, 0.1) is 0 Å². The van der Waals surface area contributed by atoms with E-state index in [1.165, 1.54) is 32.1 Å². The van der Waals surface area contributed by atoms with E-state index in [1.54, 1.807) is 0 Å². The van der Waals surface area contributed by atoms with Crippen LogP contribution in [0.4, 0.5) is 5.82 Å². The minimum absolute atomic E-state index is 0.597. The number of hydrogen-bond donors (Lipinski definition) is 1. The number of rotatable bonds is 2. The van der Waals surface area contributed by atoms with Crippen LogP contribution in [0.3, 0.4) is 0 Å². The summed E-state index contributed by atoms with van der Waals surface area (Å²) in [6.45, 7) is 4.29. The van der Waals surface area contributed by atoms with Gasteiger partial charge in [-0.3, -0.25) is 0 Å². The molecular weight excluding hydrogens is 198 g/mol. The Bertz CT molecular complexity index is 338. The highest BCUT2D eigenvalue weighted by atomic mass is 15.0. The Labute approximate surface area is 97.7 Å². The minimum Gasteiger partial charge on any atom is -0.367 e. The summed E-state index contributed by atoms with van der Waals surface area (Å²) in [5, 5.41) is 3.53. The van der Waals surface area contributed by atoms with E-state index in [4.69, 9.17) is 0 Å². The molecule has 2 atom stereocenters. The van der Waals surface area contributed by atoms with Gasteiger partial charge < -0.3 is 5.32 Å². The number of aryl methyl sites for hydroxylation is 1. The largest absolute Gasteiger partial charge is 0.367 e. The smallest absolute Gasteiger partial charge is 0.129 e. The number of hydrogen-bond acceptors (Lipinski definition) is 3. The third kappa shape index (κ3) is 3.19. The van der Waals surface area contributed by atoms with Crippen LogP contribution < -0.4 is 5.32 Å². The van der Waals surface area contributed by atoms with Crippen LogP contribution in [0.25, 0.3) is 0 Å². The summed E-state index contributed by atoms with van der Waals surface area (Å²) in [6.07, 6.45) is 8.41. The fourth-order valence-corrected chi connectivity index (χ4v) is 2.38. The highest BCUT2D eigenvalue weighted by molar-refractivity contribution is 5.34. The standard InChI is InChI=1S/C13H21N3/c1-10-4-3-5-12(7-6-10)16-13-8-9-14-11(2)15-13/h8-10,12H,3-7H2,1-2H3,(H,14,15,16). The fourth-order valence-electron chi connectivity index (χ4n) is 2.38. The molecule has 1 heterocycles. The molecule has 1 N–H and O–H groups in total. The minimum atomic E-state index is 0.597. The van der Waals surface area contributed by atoms with E-state index < -0.39 is 0 Å². The van der Waals surface area contributed by atoms with Crippen molar-refractivity contribution < 1.29 is 0 Å². The zero-order valence-corrected chi connectivity index (χ0v) is 10.2. The molecule has 88 valence electrons. The van der Waals surface area contributed by atoms with Crippen molar-refractivity contribution in [2.24, 2.45) is 5.92 Å². The predicted molar refractivity (Wildman–Crippen MR) is 66.4 cm³/mol. The Hall–Kier alpha value is -1.12. The Morgan fingerprint density at radius 1 is 1.25 bits per heavy atom. The lowest BCUT2D eigenvalue weighted by atomic mass is 10.0. The molecule has 2 unspecified atom stereocenters. The van der Waals surface area contributed by atoms with Crippen molar-refractivity contribution in [3.63, 3.8) is 0 Å². The van der Waals surface area contributed by atoms with Crippen LogP contribution in [-0.2, 0) is 0 Å². The van der Waals surface area contributed by atoms with E-state index in [2.05, 4.69) is 22.2 Å². The summed E-state index contributed by atoms with van der Waals surface area (Å²) in [4.78, 5) is 8.51. The van der Waals surface area contributed by atoms with E-state index in [9.17, 15) is 0 Å². The maximum absolute atomic E-state index is 4.39. The van der Waals surface area contributed by atoms with Crippen molar-refractivity contribution in [3.05, 3.63) is 18.1 Å². The maximum Gasteiger partial charge on any atom is 0.129 e. The van der Waals surface area contributed by atoms with Crippen molar-refractivity contribution in [1.29, 1.82) is 0 Å². The molecule has 0 aromatic carbocycles. The fraction of sp³-hybridized carbons (Fsp3) is 0.692. The van der Waals surface area contributed by atoms with E-state index in [0.29, 0.717) is 6.04 Å². The van der Waals surface area contributed by atoms with Crippen molar-refractivity contribution in [3.8, 4) is 0 Å². The normalized spacial score (nSPS) is 26.1. The molecule has 1 aromatic heterocycles. The topological polar surface area (TPSA) is 37.8 Å². The van der Waals surface area contributed by atoms with Crippen LogP contribution in [0.15, 0.2) is 12.3 Å². The van der Waals surface area contributed by atoms with Gasteiger partial charge in [-0.1, -0.05) is 19.8 Å². The molecule has 1 fully saturated rings. The molecule has 16 heavy (non-hydrogen) atoms. The molecule has 3 nitrogen and oxygen atoms in total. The van der Waals surface area contributed by atoms with E-state index in [0.717, 1.165) is 17.6 Å². The van der Waals surface area contributed by atoms with Crippen LogP contribution in [0.2, 0.25) is 0 Å². The van der Waals surface area contributed by atoms with Gasteiger partial charge in [0.15, 0.2) is 0 Å². The molecule has 3 heteroatoms. The first-order chi connectivity index (χ1) is 7.74. The van der Waals surface area contributed by atoms with Crippen molar-refractivity contribution in [2.75, 3.05) is 5.32 Å². The molecule has 0 spiro atoms. The van der Waals surface area contributed by atoms with Gasteiger partial charge in [-0.25, -0.2) is 9.97 Å². The molecule has 2 rings (SSSR count). The highest BCUT2D eigenvalue weighted by Crippen LogP contribution is 2.24. The van der Waals surface area contributed by atoms with Gasteiger partial charge in [0.1, 0.15) is 11.6 Å². The zero-order chi connectivity index (χ0) is 11.4. The zero-order valence-electron chi connectivity index (χ0n) is 10.2. The number of aromatic nitrogens is 2. The van der Waals surface area contributed by atoms with E-state index in [-0.39, 0.29) is 0 Å². The van der Waals surface area contributed by atoms with Gasteiger partial charge in [-0.15, -0.1) is 0 Å². The van der Waals surface area contributed by atoms with Crippen LogP contribution in [0.1, 0.15) is 44.9 Å². The first-order valence-electron chi connectivity index (χ1n) is 6.30. The second-order valence-corrected chi connectivity index (χ2v) is 4.94. The van der Waals surface area contributed by atoms with Crippen LogP contribution in [0.5, 0.6) is 0 Å². The summed E-state index contributed by atoms with van der Waals surface area (Å²) in [6, 6.07) is 2.56. The quantitative estimate of drug-likeness (QED) is 0.776. The van der Waals surface area contributed by atoms with Crippen LogP contribution in [0, 0.1) is 12.8 Å². The summed E-state index contributed by atoms with van der Waals surface area (Å²) in [5.74, 6) is 2.71. The second kappa shape index (κ2) is 5.28. The molecule has 0 amide bonds. The molecule has 1 aromatic rings. The van der Waals surface area contributed by atoms with Gasteiger partial charge >= 0.3 is 0 Å². The van der Waals surface area contributed by atoms with Crippen molar-refractivity contribution in [2.45, 2.75) is 52.0 Å². The molecular formula is C13H21N3. The summed E-state index contributed by atoms with van der Waals surface area (Å²) in [7, 11) is 0. The third-order valence-electron chi connectivity index (χ3n) is 3.39. The number of nitrogens with one attached hydrogen (secondary N) is 1. The van der Waals surface area contributed by atoms with Gasteiger partial charge in [-0.05, 0) is 38.2 Å². The van der Waals surface area contributed by atoms with Crippen LogP contribution >= 0.6 is 0 Å². The maximum atomic E-state index is 4.39. The monoisotopic (exact) mass is 219 g/mol. The molecule has 0 saturated heterocycles. The Morgan fingerprint density at radius 3 is 2.94 bits per heavy atom. The van der Waals surface area contributed by atoms with Gasteiger partial charge in [0.25, 0.3) is 0 Å². The Balaban J connectivity index is 1.93. The highest BCUT2D eigenvalue weighted by Gasteiger charge is 2.16. The van der Waals surface area contributed by atoms with Crippen LogP contribution in [-0.4, -0.2) is 16.0 Å². The van der Waals surface area contributed by atoms with E-state index in [1.807, 2.05) is 19.2 Å². The summed E-state index contributed by atoms with van der Waals surface area (Å²) < 4.78 is 0. The third-order valence-corrected chi connectivity index (χ3v) is 3.39. The van der Waals surface area contributed by atoms with Crippen molar-refractivity contribution >= 4 is 5.82 Å². The first kappa shape index (κ1) is 11.4. The number of anilines is 1. The molecule has 0 aliphatic heterocycles. The van der Waals surface area contributed by atoms with Gasteiger partial charge in [0.2, 0.25) is 0 Å². The lowest BCUT2D eigenvalue weighted by Gasteiger charge is -2.16. The molecule has 0 bridgehead atoms. The second-order valence-electron chi connectivity index (χ2n) is 4.94. The lowest BCUT2D eigenvalue weighted by molar-refractivity contribution is 0.502. The molecule has 1 saturated carbocycles. The first-order valence-corrected chi connectivity index (χ1v) is 6.30. The lowest BCUT2D eigenvalue weighted by Crippen LogP contribution is -2.19. The van der Waals surface area contributed by atoms with Gasteiger partial charge in [0, 0.05) is 12.2 Å². The summed E-state index contributed by atoms with van der Waals surface area (Å²) in [5.41, 5.74) is 0. The molecule has 1 aliphatic rings.